The van der Waals surface area contributed by atoms with Crippen LogP contribution in [0.15, 0.2) is 42.5 Å². The highest BCUT2D eigenvalue weighted by molar-refractivity contribution is 5.81. The Labute approximate surface area is 118 Å². The molecule has 2 N–H and O–H groups in total. The highest BCUT2D eigenvalue weighted by atomic mass is 19.4. The standard InChI is InChI=1S/C15H12F3N3/c1-9-2-5-11(6-3-9)21-13-7-4-10(15(16,17)18)8-12(13)20-14(21)19/h2-8H,1H3,(H2,19,20). The topological polar surface area (TPSA) is 43.8 Å². The molecular weight excluding hydrogens is 279 g/mol. The number of nitrogens with two attached hydrogens (primary N) is 1. The van der Waals surface area contributed by atoms with Crippen LogP contribution in [0, 0.1) is 6.92 Å². The van der Waals surface area contributed by atoms with E-state index >= 15 is 0 Å². The third kappa shape index (κ3) is 2.33. The van der Waals surface area contributed by atoms with Crippen LogP contribution in [-0.4, -0.2) is 9.55 Å². The third-order valence-electron chi connectivity index (χ3n) is 3.30. The zero-order chi connectivity index (χ0) is 15.2. The summed E-state index contributed by atoms with van der Waals surface area (Å²) in [6.45, 7) is 1.95. The molecule has 0 spiro atoms. The average Bonchev–Trinajstić information content (AvgIpc) is 2.74. The second-order valence-electron chi connectivity index (χ2n) is 4.84. The Bertz CT molecular complexity index is 801. The number of halogens is 3. The van der Waals surface area contributed by atoms with Crippen LogP contribution in [-0.2, 0) is 6.18 Å². The van der Waals surface area contributed by atoms with Crippen LogP contribution in [0.4, 0.5) is 19.1 Å². The minimum absolute atomic E-state index is 0.160. The number of fused-ring (bicyclic) bond motifs is 1. The molecular formula is C15H12F3N3. The number of benzene rings is 2. The molecule has 6 heteroatoms. The highest BCUT2D eigenvalue weighted by Crippen LogP contribution is 2.32. The Balaban J connectivity index is 2.20. The van der Waals surface area contributed by atoms with Gasteiger partial charge in [0.25, 0.3) is 0 Å². The summed E-state index contributed by atoms with van der Waals surface area (Å²) in [7, 11) is 0. The van der Waals surface area contributed by atoms with Gasteiger partial charge in [0.15, 0.2) is 0 Å². The quantitative estimate of drug-likeness (QED) is 0.738. The summed E-state index contributed by atoms with van der Waals surface area (Å²) in [5.41, 5.74) is 7.74. The lowest BCUT2D eigenvalue weighted by Gasteiger charge is -2.08. The molecule has 0 atom stereocenters. The zero-order valence-electron chi connectivity index (χ0n) is 11.1. The van der Waals surface area contributed by atoms with Gasteiger partial charge in [-0.1, -0.05) is 17.7 Å². The Morgan fingerprint density at radius 3 is 2.33 bits per heavy atom. The average molecular weight is 291 g/mol. The van der Waals surface area contributed by atoms with Crippen LogP contribution in [0.25, 0.3) is 16.7 Å². The van der Waals surface area contributed by atoms with Gasteiger partial charge in [0.2, 0.25) is 5.95 Å². The first kappa shape index (κ1) is 13.5. The number of rotatable bonds is 1. The van der Waals surface area contributed by atoms with E-state index in [4.69, 9.17) is 5.73 Å². The van der Waals surface area contributed by atoms with Gasteiger partial charge in [0.1, 0.15) is 0 Å². The minimum atomic E-state index is -4.39. The second-order valence-corrected chi connectivity index (χ2v) is 4.84. The number of hydrogen-bond acceptors (Lipinski definition) is 2. The van der Waals surface area contributed by atoms with Gasteiger partial charge in [-0.25, -0.2) is 4.98 Å². The van der Waals surface area contributed by atoms with E-state index in [1.54, 1.807) is 4.57 Å². The van der Waals surface area contributed by atoms with Gasteiger partial charge >= 0.3 is 6.18 Å². The molecule has 0 aliphatic rings. The molecule has 3 aromatic rings. The van der Waals surface area contributed by atoms with Crippen molar-refractivity contribution in [2.75, 3.05) is 5.73 Å². The maximum atomic E-state index is 12.7. The number of imidazole rings is 1. The van der Waals surface area contributed by atoms with E-state index in [1.165, 1.54) is 6.07 Å². The van der Waals surface area contributed by atoms with Crippen molar-refractivity contribution < 1.29 is 13.2 Å². The Morgan fingerprint density at radius 1 is 1.05 bits per heavy atom. The molecule has 0 aliphatic heterocycles. The molecule has 21 heavy (non-hydrogen) atoms. The molecule has 3 rings (SSSR count). The molecule has 0 bridgehead atoms. The maximum absolute atomic E-state index is 12.7. The molecule has 0 unspecified atom stereocenters. The lowest BCUT2D eigenvalue weighted by Crippen LogP contribution is -2.04. The lowest BCUT2D eigenvalue weighted by molar-refractivity contribution is -0.137. The van der Waals surface area contributed by atoms with Crippen LogP contribution in [0.2, 0.25) is 0 Å². The molecule has 0 saturated heterocycles. The first-order chi connectivity index (χ1) is 9.86. The molecule has 3 nitrogen and oxygen atoms in total. The molecule has 0 radical (unpaired) electrons. The van der Waals surface area contributed by atoms with Gasteiger partial charge in [-0.15, -0.1) is 0 Å². The normalized spacial score (nSPS) is 12.0. The number of nitrogens with zero attached hydrogens (tertiary/aromatic N) is 2. The highest BCUT2D eigenvalue weighted by Gasteiger charge is 2.31. The van der Waals surface area contributed by atoms with Gasteiger partial charge in [0, 0.05) is 5.69 Å². The van der Waals surface area contributed by atoms with Crippen molar-refractivity contribution in [2.45, 2.75) is 13.1 Å². The van der Waals surface area contributed by atoms with Gasteiger partial charge in [-0.3, -0.25) is 4.57 Å². The molecule has 0 fully saturated rings. The van der Waals surface area contributed by atoms with Crippen LogP contribution in [0.1, 0.15) is 11.1 Å². The van der Waals surface area contributed by atoms with E-state index in [9.17, 15) is 13.2 Å². The molecule has 108 valence electrons. The van der Waals surface area contributed by atoms with Crippen LogP contribution < -0.4 is 5.73 Å². The minimum Gasteiger partial charge on any atom is -0.369 e. The first-order valence-electron chi connectivity index (χ1n) is 6.28. The summed E-state index contributed by atoms with van der Waals surface area (Å²) in [5, 5.41) is 0. The fourth-order valence-electron chi connectivity index (χ4n) is 2.24. The lowest BCUT2D eigenvalue weighted by atomic mass is 10.2. The van der Waals surface area contributed by atoms with Crippen LogP contribution in [0.3, 0.4) is 0 Å². The van der Waals surface area contributed by atoms with Crippen LogP contribution >= 0.6 is 0 Å². The SMILES string of the molecule is Cc1ccc(-n2c(N)nc3cc(C(F)(F)F)ccc32)cc1. The van der Waals surface area contributed by atoms with E-state index in [2.05, 4.69) is 4.98 Å². The van der Waals surface area contributed by atoms with Crippen molar-refractivity contribution in [1.82, 2.24) is 9.55 Å². The third-order valence-corrected chi connectivity index (χ3v) is 3.30. The van der Waals surface area contributed by atoms with Crippen molar-refractivity contribution in [1.29, 1.82) is 0 Å². The number of nitrogen functional groups attached to an aromatic ring is 1. The van der Waals surface area contributed by atoms with Crippen LogP contribution in [0.5, 0.6) is 0 Å². The van der Waals surface area contributed by atoms with Crippen molar-refractivity contribution in [3.63, 3.8) is 0 Å². The Kier molecular flexibility index (Phi) is 2.90. The van der Waals surface area contributed by atoms with E-state index in [0.717, 1.165) is 23.4 Å². The van der Waals surface area contributed by atoms with Gasteiger partial charge < -0.3 is 5.73 Å². The largest absolute Gasteiger partial charge is 0.416 e. The molecule has 2 aromatic carbocycles. The number of aromatic nitrogens is 2. The number of aryl methyl sites for hydroxylation is 1. The number of anilines is 1. The van der Waals surface area contributed by atoms with E-state index in [-0.39, 0.29) is 11.5 Å². The number of alkyl halides is 3. The van der Waals surface area contributed by atoms with Crippen molar-refractivity contribution in [3.05, 3.63) is 53.6 Å². The molecule has 0 saturated carbocycles. The summed E-state index contributed by atoms with van der Waals surface area (Å²) >= 11 is 0. The monoisotopic (exact) mass is 291 g/mol. The summed E-state index contributed by atoms with van der Waals surface area (Å²) in [6, 6.07) is 11.0. The van der Waals surface area contributed by atoms with Gasteiger partial charge in [0.05, 0.1) is 16.6 Å². The molecule has 1 heterocycles. The van der Waals surface area contributed by atoms with Crippen molar-refractivity contribution in [3.8, 4) is 5.69 Å². The molecule has 0 aliphatic carbocycles. The van der Waals surface area contributed by atoms with E-state index in [0.29, 0.717) is 5.52 Å². The van der Waals surface area contributed by atoms with E-state index < -0.39 is 11.7 Å². The number of hydrogen-bond donors (Lipinski definition) is 1. The van der Waals surface area contributed by atoms with Crippen molar-refractivity contribution in [2.24, 2.45) is 0 Å². The predicted molar refractivity (Wildman–Crippen MR) is 75.2 cm³/mol. The smallest absolute Gasteiger partial charge is 0.369 e. The Morgan fingerprint density at radius 2 is 1.71 bits per heavy atom. The molecule has 1 aromatic heterocycles. The second kappa shape index (κ2) is 4.51. The fraction of sp³-hybridized carbons (Fsp3) is 0.133. The maximum Gasteiger partial charge on any atom is 0.416 e. The summed E-state index contributed by atoms with van der Waals surface area (Å²) in [4.78, 5) is 4.03. The first-order valence-corrected chi connectivity index (χ1v) is 6.28. The Hall–Kier alpha value is -2.50. The van der Waals surface area contributed by atoms with Gasteiger partial charge in [-0.2, -0.15) is 13.2 Å². The zero-order valence-corrected chi connectivity index (χ0v) is 11.1. The summed E-state index contributed by atoms with van der Waals surface area (Å²) in [5.74, 6) is 0.160. The van der Waals surface area contributed by atoms with E-state index in [1.807, 2.05) is 31.2 Å². The summed E-state index contributed by atoms with van der Waals surface area (Å²) < 4.78 is 39.8. The molecule has 0 amide bonds. The predicted octanol–water partition coefficient (Wildman–Crippen LogP) is 3.93. The van der Waals surface area contributed by atoms with Gasteiger partial charge in [-0.05, 0) is 37.3 Å². The van der Waals surface area contributed by atoms with Crippen molar-refractivity contribution >= 4 is 17.0 Å². The fourth-order valence-corrected chi connectivity index (χ4v) is 2.24. The summed E-state index contributed by atoms with van der Waals surface area (Å²) in [6.07, 6.45) is -4.39.